The van der Waals surface area contributed by atoms with Gasteiger partial charge < -0.3 is 9.84 Å². The van der Waals surface area contributed by atoms with Gasteiger partial charge in [-0.2, -0.15) is 0 Å². The lowest BCUT2D eigenvalue weighted by Gasteiger charge is -2.16. The first-order chi connectivity index (χ1) is 9.13. The van der Waals surface area contributed by atoms with Crippen LogP contribution in [0.1, 0.15) is 35.3 Å². The zero-order chi connectivity index (χ0) is 13.8. The Morgan fingerprint density at radius 2 is 1.84 bits per heavy atom. The highest BCUT2D eigenvalue weighted by Gasteiger charge is 2.14. The molecule has 0 aliphatic rings. The van der Waals surface area contributed by atoms with Crippen LogP contribution in [-0.4, -0.2) is 11.7 Å². The van der Waals surface area contributed by atoms with E-state index in [0.29, 0.717) is 6.61 Å². The van der Waals surface area contributed by atoms with Gasteiger partial charge in [-0.25, -0.2) is 0 Å². The molecule has 2 aromatic carbocycles. The van der Waals surface area contributed by atoms with Crippen LogP contribution in [0.4, 0.5) is 0 Å². The lowest BCUT2D eigenvalue weighted by Crippen LogP contribution is -2.03. The molecule has 0 aromatic heterocycles. The van der Waals surface area contributed by atoms with Crippen LogP contribution >= 0.6 is 0 Å². The Bertz CT molecular complexity index is 561. The van der Waals surface area contributed by atoms with Crippen LogP contribution in [0.25, 0.3) is 0 Å². The molecule has 2 rings (SSSR count). The van der Waals surface area contributed by atoms with Gasteiger partial charge in [-0.15, -0.1) is 0 Å². The number of aryl methyl sites for hydroxylation is 1. The summed E-state index contributed by atoms with van der Waals surface area (Å²) in [5.74, 6) is 0.796. The van der Waals surface area contributed by atoms with Crippen molar-refractivity contribution >= 4 is 0 Å². The Labute approximate surface area is 114 Å². The van der Waals surface area contributed by atoms with Crippen molar-refractivity contribution in [2.75, 3.05) is 6.61 Å². The van der Waals surface area contributed by atoms with Gasteiger partial charge >= 0.3 is 0 Å². The lowest BCUT2D eigenvalue weighted by molar-refractivity contribution is 0.218. The first-order valence-corrected chi connectivity index (χ1v) is 6.60. The van der Waals surface area contributed by atoms with Crippen LogP contribution in [0.15, 0.2) is 42.5 Å². The van der Waals surface area contributed by atoms with Crippen molar-refractivity contribution < 1.29 is 9.84 Å². The molecule has 2 aromatic rings. The van der Waals surface area contributed by atoms with E-state index < -0.39 is 6.10 Å². The largest absolute Gasteiger partial charge is 0.494 e. The van der Waals surface area contributed by atoms with Crippen LogP contribution in [0.3, 0.4) is 0 Å². The Balaban J connectivity index is 2.35. The summed E-state index contributed by atoms with van der Waals surface area (Å²) in [5.41, 5.74) is 4.14. The summed E-state index contributed by atoms with van der Waals surface area (Å²) in [4.78, 5) is 0. The van der Waals surface area contributed by atoms with Crippen molar-refractivity contribution in [3.05, 3.63) is 64.7 Å². The molecule has 19 heavy (non-hydrogen) atoms. The van der Waals surface area contributed by atoms with Crippen molar-refractivity contribution in [3.63, 3.8) is 0 Å². The zero-order valence-electron chi connectivity index (χ0n) is 11.7. The van der Waals surface area contributed by atoms with E-state index in [4.69, 9.17) is 4.74 Å². The molecule has 0 aliphatic heterocycles. The van der Waals surface area contributed by atoms with E-state index in [1.165, 1.54) is 5.56 Å². The van der Waals surface area contributed by atoms with Gasteiger partial charge in [0.2, 0.25) is 0 Å². The first kappa shape index (κ1) is 13.6. The fourth-order valence-corrected chi connectivity index (χ4v) is 2.19. The summed E-state index contributed by atoms with van der Waals surface area (Å²) in [6.45, 7) is 6.68. The van der Waals surface area contributed by atoms with Crippen molar-refractivity contribution in [1.82, 2.24) is 0 Å². The minimum atomic E-state index is -0.611. The Morgan fingerprint density at radius 3 is 2.58 bits per heavy atom. The summed E-state index contributed by atoms with van der Waals surface area (Å²) in [7, 11) is 0. The molecule has 0 spiro atoms. The molecule has 0 amide bonds. The molecule has 1 unspecified atom stereocenters. The summed E-state index contributed by atoms with van der Waals surface area (Å²) in [6.07, 6.45) is -0.611. The number of aliphatic hydroxyl groups excluding tert-OH is 1. The topological polar surface area (TPSA) is 29.5 Å². The van der Waals surface area contributed by atoms with Crippen LogP contribution < -0.4 is 4.74 Å². The minimum absolute atomic E-state index is 0.611. The van der Waals surface area contributed by atoms with Crippen molar-refractivity contribution in [2.45, 2.75) is 26.9 Å². The van der Waals surface area contributed by atoms with Gasteiger partial charge in [0.1, 0.15) is 11.9 Å². The SMILES string of the molecule is CCOc1cccc(C(O)c2cccc(C)c2C)c1. The second-order valence-corrected chi connectivity index (χ2v) is 4.70. The molecule has 0 fully saturated rings. The van der Waals surface area contributed by atoms with Gasteiger partial charge in [0.25, 0.3) is 0 Å². The maximum Gasteiger partial charge on any atom is 0.119 e. The number of benzene rings is 2. The predicted octanol–water partition coefficient (Wildman–Crippen LogP) is 3.78. The summed E-state index contributed by atoms with van der Waals surface area (Å²) >= 11 is 0. The smallest absolute Gasteiger partial charge is 0.119 e. The summed E-state index contributed by atoms with van der Waals surface area (Å²) in [6, 6.07) is 13.7. The number of hydrogen-bond donors (Lipinski definition) is 1. The summed E-state index contributed by atoms with van der Waals surface area (Å²) < 4.78 is 5.48. The van der Waals surface area contributed by atoms with Crippen molar-refractivity contribution in [3.8, 4) is 5.75 Å². The second kappa shape index (κ2) is 5.89. The number of ether oxygens (including phenoxy) is 1. The normalized spacial score (nSPS) is 12.2. The molecule has 0 radical (unpaired) electrons. The molecule has 2 heteroatoms. The second-order valence-electron chi connectivity index (χ2n) is 4.70. The van der Waals surface area contributed by atoms with E-state index >= 15 is 0 Å². The molecule has 0 bridgehead atoms. The highest BCUT2D eigenvalue weighted by atomic mass is 16.5. The molecular formula is C17H20O2. The van der Waals surface area contributed by atoms with Crippen LogP contribution in [-0.2, 0) is 0 Å². The quantitative estimate of drug-likeness (QED) is 0.902. The average molecular weight is 256 g/mol. The Morgan fingerprint density at radius 1 is 1.11 bits per heavy atom. The summed E-state index contributed by atoms with van der Waals surface area (Å²) in [5, 5.41) is 10.5. The van der Waals surface area contributed by atoms with E-state index in [2.05, 4.69) is 13.0 Å². The molecule has 2 nitrogen and oxygen atoms in total. The highest BCUT2D eigenvalue weighted by Crippen LogP contribution is 2.28. The average Bonchev–Trinajstić information content (AvgIpc) is 2.42. The third-order valence-corrected chi connectivity index (χ3v) is 3.43. The molecule has 1 N–H and O–H groups in total. The number of aliphatic hydroxyl groups is 1. The maximum absolute atomic E-state index is 10.5. The molecule has 0 heterocycles. The third kappa shape index (κ3) is 2.96. The van der Waals surface area contributed by atoms with Gasteiger partial charge in [-0.3, -0.25) is 0 Å². The first-order valence-electron chi connectivity index (χ1n) is 6.60. The molecule has 0 aliphatic carbocycles. The highest BCUT2D eigenvalue weighted by molar-refractivity contribution is 5.41. The Kier molecular flexibility index (Phi) is 4.23. The van der Waals surface area contributed by atoms with Crippen LogP contribution in [0, 0.1) is 13.8 Å². The maximum atomic E-state index is 10.5. The molecular weight excluding hydrogens is 236 g/mol. The monoisotopic (exact) mass is 256 g/mol. The fraction of sp³-hybridized carbons (Fsp3) is 0.294. The predicted molar refractivity (Wildman–Crippen MR) is 77.6 cm³/mol. The van der Waals surface area contributed by atoms with Crippen LogP contribution in [0.2, 0.25) is 0 Å². The van der Waals surface area contributed by atoms with E-state index in [0.717, 1.165) is 22.4 Å². The van der Waals surface area contributed by atoms with Gasteiger partial charge in [0.05, 0.1) is 6.61 Å². The van der Waals surface area contributed by atoms with Crippen LogP contribution in [0.5, 0.6) is 5.75 Å². The number of hydrogen-bond acceptors (Lipinski definition) is 2. The van der Waals surface area contributed by atoms with E-state index in [-0.39, 0.29) is 0 Å². The molecule has 100 valence electrons. The van der Waals surface area contributed by atoms with E-state index in [1.54, 1.807) is 0 Å². The third-order valence-electron chi connectivity index (χ3n) is 3.43. The lowest BCUT2D eigenvalue weighted by atomic mass is 9.95. The van der Waals surface area contributed by atoms with E-state index in [1.807, 2.05) is 50.2 Å². The van der Waals surface area contributed by atoms with Gasteiger partial charge in [-0.05, 0) is 55.2 Å². The molecule has 0 saturated carbocycles. The minimum Gasteiger partial charge on any atom is -0.494 e. The molecule has 0 saturated heterocycles. The Hall–Kier alpha value is -1.80. The van der Waals surface area contributed by atoms with Gasteiger partial charge in [0, 0.05) is 0 Å². The fourth-order valence-electron chi connectivity index (χ4n) is 2.19. The zero-order valence-corrected chi connectivity index (χ0v) is 11.7. The van der Waals surface area contributed by atoms with Crippen molar-refractivity contribution in [1.29, 1.82) is 0 Å². The van der Waals surface area contributed by atoms with E-state index in [9.17, 15) is 5.11 Å². The standard InChI is InChI=1S/C17H20O2/c1-4-19-15-9-6-8-14(11-15)17(18)16-10-5-7-12(2)13(16)3/h5-11,17-18H,4H2,1-3H3. The van der Waals surface area contributed by atoms with Gasteiger partial charge in [0.15, 0.2) is 0 Å². The molecule has 1 atom stereocenters. The van der Waals surface area contributed by atoms with Gasteiger partial charge in [-0.1, -0.05) is 30.3 Å². The number of rotatable bonds is 4. The van der Waals surface area contributed by atoms with Crippen molar-refractivity contribution in [2.24, 2.45) is 0 Å².